The zero-order valence-electron chi connectivity index (χ0n) is 12.4. The molecular weight excluding hydrogens is 380 g/mol. The summed E-state index contributed by atoms with van der Waals surface area (Å²) in [5.41, 5.74) is 1.36. The highest BCUT2D eigenvalue weighted by atomic mass is 79.9. The zero-order chi connectivity index (χ0) is 16.4. The van der Waals surface area contributed by atoms with Crippen LogP contribution in [0.5, 0.6) is 11.5 Å². The number of aromatic nitrogens is 1. The Labute approximate surface area is 147 Å². The largest absolute Gasteiger partial charge is 0.486 e. The number of pyridine rings is 1. The summed E-state index contributed by atoms with van der Waals surface area (Å²) in [6.45, 7) is 2.97. The van der Waals surface area contributed by atoms with Crippen LogP contribution in [0.15, 0.2) is 34.9 Å². The van der Waals surface area contributed by atoms with Gasteiger partial charge in [-0.1, -0.05) is 28.1 Å². The third-order valence-corrected chi connectivity index (χ3v) is 4.56. The van der Waals surface area contributed by atoms with Gasteiger partial charge in [0.15, 0.2) is 11.5 Å². The van der Waals surface area contributed by atoms with Crippen LogP contribution in [0.3, 0.4) is 0 Å². The van der Waals surface area contributed by atoms with E-state index < -0.39 is 0 Å². The Morgan fingerprint density at radius 1 is 1.35 bits per heavy atom. The molecule has 0 fully saturated rings. The monoisotopic (exact) mass is 394 g/mol. The van der Waals surface area contributed by atoms with Crippen LogP contribution in [0.2, 0.25) is 0 Å². The number of fused-ring (bicyclic) bond motifs is 1. The minimum Gasteiger partial charge on any atom is -0.486 e. The maximum atomic E-state index is 12.4. The van der Waals surface area contributed by atoms with E-state index in [9.17, 15) is 4.79 Å². The second-order valence-corrected chi connectivity index (χ2v) is 6.39. The van der Waals surface area contributed by atoms with Crippen LogP contribution in [-0.4, -0.2) is 24.1 Å². The summed E-state index contributed by atoms with van der Waals surface area (Å²) < 4.78 is 12.4. The van der Waals surface area contributed by atoms with Crippen LogP contribution in [-0.2, 0) is 0 Å². The average Bonchev–Trinajstić information content (AvgIpc) is 2.54. The van der Waals surface area contributed by atoms with Crippen LogP contribution in [0.4, 0.5) is 0 Å². The van der Waals surface area contributed by atoms with E-state index in [1.54, 1.807) is 18.3 Å². The molecule has 1 unspecified atom stereocenters. The number of carbonyl (C=O) groups is 1. The number of aromatic amines is 1. The van der Waals surface area contributed by atoms with Gasteiger partial charge in [-0.2, -0.15) is 0 Å². The van der Waals surface area contributed by atoms with Crippen LogP contribution in [0, 0.1) is 4.64 Å². The molecule has 0 radical (unpaired) electrons. The lowest BCUT2D eigenvalue weighted by Gasteiger charge is -2.22. The number of nitrogens with one attached hydrogen (secondary N) is 2. The van der Waals surface area contributed by atoms with E-state index in [1.807, 2.05) is 19.1 Å². The van der Waals surface area contributed by atoms with Crippen molar-refractivity contribution in [3.8, 4) is 11.5 Å². The second kappa shape index (κ2) is 6.72. The van der Waals surface area contributed by atoms with Crippen molar-refractivity contribution in [2.45, 2.75) is 13.0 Å². The normalized spacial score (nSPS) is 14.2. The minimum absolute atomic E-state index is 0.220. The molecule has 7 heteroatoms. The summed E-state index contributed by atoms with van der Waals surface area (Å²) in [5, 5.41) is 2.95. The maximum absolute atomic E-state index is 12.4. The van der Waals surface area contributed by atoms with Gasteiger partial charge >= 0.3 is 0 Å². The highest BCUT2D eigenvalue weighted by Gasteiger charge is 2.20. The third kappa shape index (κ3) is 3.40. The number of hydrogen-bond donors (Lipinski definition) is 2. The van der Waals surface area contributed by atoms with Gasteiger partial charge in [-0.15, -0.1) is 0 Å². The molecule has 0 bridgehead atoms. The van der Waals surface area contributed by atoms with E-state index in [2.05, 4.69) is 26.2 Å². The number of rotatable bonds is 3. The van der Waals surface area contributed by atoms with Crippen LogP contribution < -0.4 is 14.8 Å². The first-order chi connectivity index (χ1) is 11.1. The number of ether oxygens (including phenoxy) is 2. The van der Waals surface area contributed by atoms with E-state index >= 15 is 0 Å². The fraction of sp³-hybridized carbons (Fsp3) is 0.250. The van der Waals surface area contributed by atoms with Crippen molar-refractivity contribution >= 4 is 34.1 Å². The molecule has 1 amide bonds. The minimum atomic E-state index is -0.221. The van der Waals surface area contributed by atoms with Gasteiger partial charge < -0.3 is 19.8 Å². The highest BCUT2D eigenvalue weighted by molar-refractivity contribution is 9.10. The lowest BCUT2D eigenvalue weighted by atomic mass is 10.1. The molecule has 5 nitrogen and oxygen atoms in total. The van der Waals surface area contributed by atoms with Crippen molar-refractivity contribution in [2.24, 2.45) is 0 Å². The molecule has 1 aromatic heterocycles. The van der Waals surface area contributed by atoms with E-state index in [0.29, 0.717) is 34.9 Å². The van der Waals surface area contributed by atoms with Crippen molar-refractivity contribution in [3.63, 3.8) is 0 Å². The first-order valence-electron chi connectivity index (χ1n) is 7.14. The van der Waals surface area contributed by atoms with E-state index in [4.69, 9.17) is 21.7 Å². The highest BCUT2D eigenvalue weighted by Crippen LogP contribution is 2.37. The first kappa shape index (κ1) is 16.0. The van der Waals surface area contributed by atoms with Gasteiger partial charge in [0.1, 0.15) is 17.9 Å². The number of carbonyl (C=O) groups excluding carboxylic acids is 1. The average molecular weight is 395 g/mol. The molecule has 23 heavy (non-hydrogen) atoms. The van der Waals surface area contributed by atoms with Crippen molar-refractivity contribution in [1.82, 2.24) is 10.3 Å². The van der Waals surface area contributed by atoms with Crippen molar-refractivity contribution in [2.75, 3.05) is 13.2 Å². The van der Waals surface area contributed by atoms with Crippen LogP contribution in [0.1, 0.15) is 28.9 Å². The second-order valence-electron chi connectivity index (χ2n) is 5.13. The molecule has 120 valence electrons. The molecule has 0 saturated heterocycles. The standard InChI is InChI=1S/C16H15BrN2O3S/c1-9(19-15(20)10-3-2-4-18-16(10)23)11-7-13-14(8-12(11)17)22-6-5-21-13/h2-4,7-9H,5-6H2,1H3,(H,18,23)(H,19,20). The fourth-order valence-electron chi connectivity index (χ4n) is 2.36. The summed E-state index contributed by atoms with van der Waals surface area (Å²) in [6, 6.07) is 6.97. The molecule has 2 heterocycles. The maximum Gasteiger partial charge on any atom is 0.254 e. The van der Waals surface area contributed by atoms with E-state index in [1.165, 1.54) is 0 Å². The molecule has 1 atom stereocenters. The Kier molecular flexibility index (Phi) is 4.68. The number of halogens is 1. The molecule has 0 saturated carbocycles. The number of benzene rings is 1. The van der Waals surface area contributed by atoms with Gasteiger partial charge in [0.05, 0.1) is 11.6 Å². The quantitative estimate of drug-likeness (QED) is 0.777. The lowest BCUT2D eigenvalue weighted by Crippen LogP contribution is -2.27. The first-order valence-corrected chi connectivity index (χ1v) is 8.34. The lowest BCUT2D eigenvalue weighted by molar-refractivity contribution is 0.0938. The molecule has 0 aliphatic carbocycles. The molecule has 1 aliphatic rings. The Morgan fingerprint density at radius 3 is 2.74 bits per heavy atom. The molecule has 1 aromatic carbocycles. The van der Waals surface area contributed by atoms with Gasteiger partial charge in [0.25, 0.3) is 5.91 Å². The summed E-state index contributed by atoms with van der Waals surface area (Å²) in [6.07, 6.45) is 1.69. The van der Waals surface area contributed by atoms with Crippen LogP contribution >= 0.6 is 28.1 Å². The van der Waals surface area contributed by atoms with Crippen molar-refractivity contribution in [1.29, 1.82) is 0 Å². The Morgan fingerprint density at radius 2 is 2.04 bits per heavy atom. The predicted octanol–water partition coefficient (Wildman–Crippen LogP) is 3.77. The Hall–Kier alpha value is -1.86. The van der Waals surface area contributed by atoms with Gasteiger partial charge in [-0.05, 0) is 36.8 Å². The number of H-pyrrole nitrogens is 1. The fourth-order valence-corrected chi connectivity index (χ4v) is 3.26. The topological polar surface area (TPSA) is 63.4 Å². The summed E-state index contributed by atoms with van der Waals surface area (Å²) in [5.74, 6) is 1.17. The summed E-state index contributed by atoms with van der Waals surface area (Å²) in [4.78, 5) is 15.2. The molecule has 0 spiro atoms. The van der Waals surface area contributed by atoms with Crippen molar-refractivity contribution in [3.05, 3.63) is 50.7 Å². The van der Waals surface area contributed by atoms with Gasteiger partial charge in [0.2, 0.25) is 0 Å². The molecule has 2 N–H and O–H groups in total. The van der Waals surface area contributed by atoms with E-state index in [-0.39, 0.29) is 11.9 Å². The molecule has 3 rings (SSSR count). The van der Waals surface area contributed by atoms with Gasteiger partial charge in [-0.25, -0.2) is 0 Å². The Bertz CT molecular complexity index is 806. The Balaban J connectivity index is 1.83. The van der Waals surface area contributed by atoms with Gasteiger partial charge in [0, 0.05) is 10.7 Å². The summed E-state index contributed by atoms with van der Waals surface area (Å²) in [7, 11) is 0. The molecular formula is C16H15BrN2O3S. The SMILES string of the molecule is CC(NC(=O)c1ccc[nH]c1=S)c1cc2c(cc1Br)OCCO2. The zero-order valence-corrected chi connectivity index (χ0v) is 14.8. The van der Waals surface area contributed by atoms with Crippen molar-refractivity contribution < 1.29 is 14.3 Å². The molecule has 2 aromatic rings. The predicted molar refractivity (Wildman–Crippen MR) is 92.6 cm³/mol. The number of amides is 1. The smallest absolute Gasteiger partial charge is 0.254 e. The number of hydrogen-bond acceptors (Lipinski definition) is 4. The molecule has 1 aliphatic heterocycles. The van der Waals surface area contributed by atoms with Gasteiger partial charge in [-0.3, -0.25) is 4.79 Å². The summed E-state index contributed by atoms with van der Waals surface area (Å²) >= 11 is 8.66. The van der Waals surface area contributed by atoms with Crippen LogP contribution in [0.25, 0.3) is 0 Å². The van der Waals surface area contributed by atoms with E-state index in [0.717, 1.165) is 10.0 Å². The third-order valence-electron chi connectivity index (χ3n) is 3.54.